The average Bonchev–Trinajstić information content (AvgIpc) is 3.79. The van der Waals surface area contributed by atoms with Gasteiger partial charge in [-0.1, -0.05) is 259 Å². The van der Waals surface area contributed by atoms with Crippen LogP contribution in [0.1, 0.15) is 98.0 Å². The van der Waals surface area contributed by atoms with Crippen LogP contribution < -0.4 is 0 Å². The van der Waals surface area contributed by atoms with E-state index in [1.54, 1.807) is 0 Å². The molecule has 0 aliphatic heterocycles. The number of rotatable bonds is 3. The minimum atomic E-state index is 0.947. The van der Waals surface area contributed by atoms with Gasteiger partial charge in [0.05, 0.1) is 0 Å². The molecule has 3 aliphatic carbocycles. The summed E-state index contributed by atoms with van der Waals surface area (Å²) >= 11 is 0. The van der Waals surface area contributed by atoms with Gasteiger partial charge in [0.2, 0.25) is 0 Å². The van der Waals surface area contributed by atoms with E-state index in [1.807, 2.05) is 41.5 Å². The van der Waals surface area contributed by atoms with Gasteiger partial charge in [-0.25, -0.2) is 0 Å². The third kappa shape index (κ3) is 13.4. The molecule has 0 heteroatoms. The Labute approximate surface area is 399 Å². The largest absolute Gasteiger partial charge is 0.0911 e. The molecule has 66 heavy (non-hydrogen) atoms. The van der Waals surface area contributed by atoms with Crippen molar-refractivity contribution in [3.05, 3.63) is 257 Å². The zero-order chi connectivity index (χ0) is 47.3. The third-order valence-corrected chi connectivity index (χ3v) is 11.8. The molecular formula is C66H72. The fourth-order valence-electron chi connectivity index (χ4n) is 8.36. The lowest BCUT2D eigenvalue weighted by atomic mass is 9.89. The number of benzene rings is 7. The summed E-state index contributed by atoms with van der Waals surface area (Å²) in [4.78, 5) is 0. The van der Waals surface area contributed by atoms with Gasteiger partial charge < -0.3 is 0 Å². The van der Waals surface area contributed by atoms with E-state index in [1.165, 1.54) is 94.6 Å². The molecule has 0 saturated heterocycles. The van der Waals surface area contributed by atoms with Crippen LogP contribution in [0.3, 0.4) is 0 Å². The summed E-state index contributed by atoms with van der Waals surface area (Å²) in [5.41, 5.74) is 24.1. The van der Waals surface area contributed by atoms with E-state index in [9.17, 15) is 0 Å². The monoisotopic (exact) mass is 865 g/mol. The third-order valence-electron chi connectivity index (χ3n) is 11.8. The molecule has 0 fully saturated rings. The highest BCUT2D eigenvalue weighted by Crippen LogP contribution is 2.39. The fraction of sp³-hybridized carbons (Fsp3) is 0.212. The lowest BCUT2D eigenvalue weighted by Crippen LogP contribution is -1.96. The molecule has 0 heterocycles. The quantitative estimate of drug-likeness (QED) is 0.166. The van der Waals surface area contributed by atoms with Gasteiger partial charge in [0.25, 0.3) is 0 Å². The molecule has 0 nitrogen and oxygen atoms in total. The molecule has 7 aromatic carbocycles. The minimum Gasteiger partial charge on any atom is -0.0911 e. The van der Waals surface area contributed by atoms with Crippen LogP contribution in [-0.2, 0) is 25.7 Å². The molecule has 0 atom stereocenters. The molecule has 336 valence electrons. The van der Waals surface area contributed by atoms with Crippen LogP contribution in [0.15, 0.2) is 207 Å². The van der Waals surface area contributed by atoms with Crippen molar-refractivity contribution in [2.75, 3.05) is 0 Å². The molecule has 0 bridgehead atoms. The van der Waals surface area contributed by atoms with Crippen molar-refractivity contribution in [2.24, 2.45) is 0 Å². The predicted molar refractivity (Wildman–Crippen MR) is 293 cm³/mol. The van der Waals surface area contributed by atoms with Crippen molar-refractivity contribution in [3.63, 3.8) is 0 Å². The Bertz CT molecular complexity index is 2730. The molecule has 0 N–H and O–H groups in total. The lowest BCUT2D eigenvalue weighted by molar-refractivity contribution is 0.980. The van der Waals surface area contributed by atoms with E-state index in [2.05, 4.69) is 228 Å². The first-order valence-corrected chi connectivity index (χ1v) is 24.4. The molecule has 0 aromatic heterocycles. The normalized spacial score (nSPS) is 14.3. The van der Waals surface area contributed by atoms with Gasteiger partial charge in [-0.05, 0) is 142 Å². The second-order valence-electron chi connectivity index (χ2n) is 16.2. The van der Waals surface area contributed by atoms with Crippen LogP contribution >= 0.6 is 0 Å². The summed E-state index contributed by atoms with van der Waals surface area (Å²) < 4.78 is 0. The van der Waals surface area contributed by atoms with Crippen molar-refractivity contribution in [1.82, 2.24) is 0 Å². The molecule has 0 saturated carbocycles. The number of hydrogen-bond donors (Lipinski definition) is 0. The summed E-state index contributed by atoms with van der Waals surface area (Å²) in [6.45, 7) is 22.6. The van der Waals surface area contributed by atoms with Crippen LogP contribution in [0, 0.1) is 20.8 Å². The summed E-state index contributed by atoms with van der Waals surface area (Å²) in [6, 6.07) is 55.3. The van der Waals surface area contributed by atoms with E-state index in [0.717, 1.165) is 37.7 Å². The van der Waals surface area contributed by atoms with Crippen LogP contribution in [0.2, 0.25) is 0 Å². The van der Waals surface area contributed by atoms with E-state index >= 15 is 0 Å². The molecule has 10 rings (SSSR count). The molecule has 7 aromatic rings. The Kier molecular flexibility index (Phi) is 20.0. The van der Waals surface area contributed by atoms with Gasteiger partial charge in [-0.2, -0.15) is 0 Å². The van der Waals surface area contributed by atoms with E-state index in [-0.39, 0.29) is 0 Å². The molecule has 0 spiro atoms. The summed E-state index contributed by atoms with van der Waals surface area (Å²) in [5.74, 6) is 0. The minimum absolute atomic E-state index is 0.947. The second kappa shape index (κ2) is 26.3. The zero-order valence-corrected chi connectivity index (χ0v) is 41.3. The number of hydrogen-bond acceptors (Lipinski definition) is 0. The van der Waals surface area contributed by atoms with Gasteiger partial charge in [0, 0.05) is 0 Å². The van der Waals surface area contributed by atoms with E-state index in [4.69, 9.17) is 0 Å². The maximum Gasteiger partial charge on any atom is -0.00134 e. The molecule has 0 radical (unpaired) electrons. The van der Waals surface area contributed by atoms with Crippen molar-refractivity contribution < 1.29 is 0 Å². The topological polar surface area (TPSA) is 0 Å². The lowest BCUT2D eigenvalue weighted by Gasteiger charge is -2.15. The predicted octanol–water partition coefficient (Wildman–Crippen LogP) is 18.9. The first-order chi connectivity index (χ1) is 32.4. The Balaban J connectivity index is 0.000000175. The van der Waals surface area contributed by atoms with Crippen LogP contribution in [-0.4, -0.2) is 0 Å². The SMILES string of the molecule is C=C1/C=C\C=C/Cc2c1cccc2-c1ccc(C)cc1.CC.CC.CC.Cc1ccc(-c2ccc3c(c2)-c2ccccc2C3)cc1.Cc1ccc(-c2ccc3c(c2)C/C=C\C=C/CC3)cc1. The molecule has 0 unspecified atom stereocenters. The van der Waals surface area contributed by atoms with Gasteiger partial charge in [-0.15, -0.1) is 0 Å². The number of allylic oxidation sites excluding steroid dienone is 9. The van der Waals surface area contributed by atoms with Gasteiger partial charge in [0.1, 0.15) is 0 Å². The first kappa shape index (κ1) is 50.2. The van der Waals surface area contributed by atoms with Crippen LogP contribution in [0.5, 0.6) is 0 Å². The zero-order valence-electron chi connectivity index (χ0n) is 41.3. The Morgan fingerprint density at radius 2 is 0.848 bits per heavy atom. The highest BCUT2D eigenvalue weighted by atomic mass is 14.2. The van der Waals surface area contributed by atoms with E-state index in [0.29, 0.717) is 0 Å². The second-order valence-corrected chi connectivity index (χ2v) is 16.2. The number of aryl methyl sites for hydroxylation is 4. The highest BCUT2D eigenvalue weighted by Gasteiger charge is 2.18. The van der Waals surface area contributed by atoms with Gasteiger partial charge in [0.15, 0.2) is 0 Å². The highest BCUT2D eigenvalue weighted by molar-refractivity contribution is 5.82. The summed E-state index contributed by atoms with van der Waals surface area (Å²) in [7, 11) is 0. The smallest absolute Gasteiger partial charge is 0.00134 e. The Morgan fingerprint density at radius 3 is 1.50 bits per heavy atom. The first-order valence-electron chi connectivity index (χ1n) is 24.4. The maximum atomic E-state index is 4.19. The molecule has 0 amide bonds. The van der Waals surface area contributed by atoms with Crippen molar-refractivity contribution in [1.29, 1.82) is 0 Å². The average molecular weight is 865 g/mol. The van der Waals surface area contributed by atoms with Gasteiger partial charge >= 0.3 is 0 Å². The molecule has 3 aliphatic rings. The maximum absolute atomic E-state index is 4.19. The summed E-state index contributed by atoms with van der Waals surface area (Å²) in [5, 5.41) is 0. The Hall–Kier alpha value is -6.76. The Morgan fingerprint density at radius 1 is 0.364 bits per heavy atom. The number of fused-ring (bicyclic) bond motifs is 5. The van der Waals surface area contributed by atoms with Gasteiger partial charge in [-0.3, -0.25) is 0 Å². The van der Waals surface area contributed by atoms with Crippen molar-refractivity contribution >= 4 is 5.57 Å². The van der Waals surface area contributed by atoms with Crippen molar-refractivity contribution in [3.8, 4) is 44.5 Å². The van der Waals surface area contributed by atoms with E-state index < -0.39 is 0 Å². The van der Waals surface area contributed by atoms with Crippen LogP contribution in [0.4, 0.5) is 0 Å². The summed E-state index contributed by atoms with van der Waals surface area (Å²) in [6.07, 6.45) is 22.6. The standard InChI is InChI=1S/C20H16.C20H18.C20H20.3C2H6/c1-14-6-8-15(9-7-14)16-10-11-18-12-17-4-2-3-5-19(17)20(18)13-16;1-15-11-13-17(14-12-15)19-10-6-9-18-16(2)7-4-3-5-8-20(18)19;1-16-9-11-18(12-10-16)20-14-13-17-7-5-3-2-4-6-8-19(17)15-20;3*1-2/h2-11,13H,12H2,1H3;3-7,9-14H,2,8H2,1H3;2-4,6,9-15H,5,7-8H2,1H3;3*1-2H3/b;5-3-,7-4-;3-2-,6-4-;;;. The van der Waals surface area contributed by atoms with Crippen LogP contribution in [0.25, 0.3) is 50.1 Å². The molecular weight excluding hydrogens is 793 g/mol. The fourth-order valence-corrected chi connectivity index (χ4v) is 8.36. The van der Waals surface area contributed by atoms with Crippen molar-refractivity contribution in [2.45, 2.75) is 94.4 Å².